The zero-order chi connectivity index (χ0) is 30.5. The first-order chi connectivity index (χ1) is 21.3. The van der Waals surface area contributed by atoms with E-state index in [9.17, 15) is 0 Å². The van der Waals surface area contributed by atoms with E-state index in [-0.39, 0.29) is 0 Å². The van der Waals surface area contributed by atoms with Crippen LogP contribution in [0.5, 0.6) is 0 Å². The summed E-state index contributed by atoms with van der Waals surface area (Å²) in [4.78, 5) is 10.3. The van der Waals surface area contributed by atoms with E-state index in [0.29, 0.717) is 0 Å². The molecule has 0 atom stereocenters. The van der Waals surface area contributed by atoms with Crippen LogP contribution in [0.2, 0.25) is 0 Å². The average molecular weight is 569 g/mol. The third-order valence-corrected chi connectivity index (χ3v) is 9.56. The minimum atomic E-state index is 0.998. The summed E-state index contributed by atoms with van der Waals surface area (Å²) in [5.41, 5.74) is 19.0. The van der Waals surface area contributed by atoms with Gasteiger partial charge in [0, 0.05) is 22.5 Å². The summed E-state index contributed by atoms with van der Waals surface area (Å²) >= 11 is 0. The number of hydrogen-bond donors (Lipinski definition) is 0. The van der Waals surface area contributed by atoms with Crippen molar-refractivity contribution in [2.75, 3.05) is 0 Å². The maximum atomic E-state index is 5.36. The average Bonchev–Trinajstić information content (AvgIpc) is 3.07. The number of hydrogen-bond acceptors (Lipinski definition) is 2. The summed E-state index contributed by atoms with van der Waals surface area (Å²) in [5.74, 6) is 0. The van der Waals surface area contributed by atoms with Gasteiger partial charge in [-0.05, 0) is 114 Å². The predicted octanol–water partition coefficient (Wildman–Crippen LogP) is 11.3. The van der Waals surface area contributed by atoms with Crippen LogP contribution in [0, 0.1) is 41.5 Å². The fourth-order valence-electron chi connectivity index (χ4n) is 6.60. The lowest BCUT2D eigenvalue weighted by Crippen LogP contribution is -2.01. The third kappa shape index (κ3) is 4.59. The van der Waals surface area contributed by atoms with Crippen molar-refractivity contribution in [3.63, 3.8) is 0 Å². The van der Waals surface area contributed by atoms with Crippen molar-refractivity contribution in [2.24, 2.45) is 0 Å². The second kappa shape index (κ2) is 10.9. The molecule has 0 N–H and O–H groups in total. The van der Waals surface area contributed by atoms with Gasteiger partial charge in [-0.25, -0.2) is 4.98 Å². The molecule has 2 aromatic heterocycles. The van der Waals surface area contributed by atoms with Crippen LogP contribution in [0.15, 0.2) is 109 Å². The fourth-order valence-corrected chi connectivity index (χ4v) is 6.60. The molecule has 0 spiro atoms. The first kappa shape index (κ1) is 27.7. The normalized spacial score (nSPS) is 11.4. The van der Waals surface area contributed by atoms with E-state index in [1.807, 2.05) is 6.20 Å². The van der Waals surface area contributed by atoms with Gasteiger partial charge in [0.15, 0.2) is 0 Å². The van der Waals surface area contributed by atoms with Crippen LogP contribution >= 0.6 is 0 Å². The predicted molar refractivity (Wildman–Crippen MR) is 187 cm³/mol. The molecule has 0 saturated carbocycles. The summed E-state index contributed by atoms with van der Waals surface area (Å²) in [5, 5.41) is 2.47. The van der Waals surface area contributed by atoms with Crippen LogP contribution in [0.3, 0.4) is 0 Å². The van der Waals surface area contributed by atoms with Crippen molar-refractivity contribution in [1.82, 2.24) is 9.97 Å². The monoisotopic (exact) mass is 568 g/mol. The fraction of sp³-hybridized carbons (Fsp3) is 0.143. The van der Waals surface area contributed by atoms with Crippen molar-refractivity contribution in [2.45, 2.75) is 41.5 Å². The molecule has 2 nitrogen and oxygen atoms in total. The number of pyridine rings is 2. The number of rotatable bonds is 4. The molecule has 0 bridgehead atoms. The summed E-state index contributed by atoms with van der Waals surface area (Å²) in [6.45, 7) is 13.2. The second-order valence-corrected chi connectivity index (χ2v) is 12.1. The van der Waals surface area contributed by atoms with E-state index < -0.39 is 0 Å². The topological polar surface area (TPSA) is 25.8 Å². The van der Waals surface area contributed by atoms with Crippen LogP contribution in [0.1, 0.15) is 33.4 Å². The molecule has 2 heteroatoms. The van der Waals surface area contributed by atoms with Gasteiger partial charge in [-0.1, -0.05) is 97.1 Å². The summed E-state index contributed by atoms with van der Waals surface area (Å²) in [7, 11) is 0. The van der Waals surface area contributed by atoms with Gasteiger partial charge >= 0.3 is 0 Å². The molecule has 7 rings (SSSR count). The molecule has 0 aliphatic rings. The van der Waals surface area contributed by atoms with E-state index in [2.05, 4.69) is 145 Å². The Labute approximate surface area is 260 Å². The van der Waals surface area contributed by atoms with E-state index in [1.54, 1.807) is 0 Å². The zero-order valence-electron chi connectivity index (χ0n) is 26.3. The number of benzene rings is 5. The van der Waals surface area contributed by atoms with Crippen LogP contribution in [-0.2, 0) is 0 Å². The zero-order valence-corrected chi connectivity index (χ0v) is 26.3. The highest BCUT2D eigenvalue weighted by molar-refractivity contribution is 6.09. The van der Waals surface area contributed by atoms with Gasteiger partial charge in [0.05, 0.1) is 16.7 Å². The summed E-state index contributed by atoms with van der Waals surface area (Å²) < 4.78 is 0. The highest BCUT2D eigenvalue weighted by atomic mass is 14.8. The Kier molecular flexibility index (Phi) is 6.86. The van der Waals surface area contributed by atoms with Crippen LogP contribution < -0.4 is 0 Å². The van der Waals surface area contributed by atoms with Gasteiger partial charge in [-0.3, -0.25) is 4.98 Å². The molecule has 0 aliphatic heterocycles. The van der Waals surface area contributed by atoms with Crippen LogP contribution in [0.4, 0.5) is 0 Å². The SMILES string of the molecule is Cc1cnc2c(c1C)c(C)c(C)c1c(C)c(C)c(-c3cccc(-c4ccc(-c5ccc(-c6ccccc6)cc5)cc4)c3)nc12. The van der Waals surface area contributed by atoms with Crippen molar-refractivity contribution in [1.29, 1.82) is 0 Å². The third-order valence-electron chi connectivity index (χ3n) is 9.56. The smallest absolute Gasteiger partial charge is 0.0977 e. The second-order valence-electron chi connectivity index (χ2n) is 12.1. The first-order valence-electron chi connectivity index (χ1n) is 15.3. The maximum absolute atomic E-state index is 5.36. The standard InChI is InChI=1S/C42H36N2/c1-25-24-43-41-38(26(25)2)27(3)28(4)39-29(5)30(6)40(44-42(39)41)37-14-10-13-36(23-37)35-21-19-34(20-22-35)33-17-15-32(16-18-33)31-11-8-7-9-12-31/h7-24H,1-6H3. The highest BCUT2D eigenvalue weighted by Crippen LogP contribution is 2.39. The van der Waals surface area contributed by atoms with Gasteiger partial charge < -0.3 is 0 Å². The highest BCUT2D eigenvalue weighted by Gasteiger charge is 2.19. The van der Waals surface area contributed by atoms with Gasteiger partial charge in [-0.2, -0.15) is 0 Å². The Morgan fingerprint density at radius 2 is 0.841 bits per heavy atom. The molecule has 0 saturated heterocycles. The number of fused-ring (bicyclic) bond motifs is 3. The van der Waals surface area contributed by atoms with Gasteiger partial charge in [0.25, 0.3) is 0 Å². The lowest BCUT2D eigenvalue weighted by molar-refractivity contribution is 1.23. The van der Waals surface area contributed by atoms with E-state index in [0.717, 1.165) is 22.3 Å². The molecule has 5 aromatic carbocycles. The van der Waals surface area contributed by atoms with E-state index >= 15 is 0 Å². The lowest BCUT2D eigenvalue weighted by atomic mass is 9.90. The summed E-state index contributed by atoms with van der Waals surface area (Å²) in [6, 6.07) is 37.0. The van der Waals surface area contributed by atoms with Gasteiger partial charge in [0.2, 0.25) is 0 Å². The minimum absolute atomic E-state index is 0.998. The first-order valence-corrected chi connectivity index (χ1v) is 15.3. The minimum Gasteiger partial charge on any atom is -0.254 e. The Morgan fingerprint density at radius 3 is 1.43 bits per heavy atom. The molecular weight excluding hydrogens is 532 g/mol. The van der Waals surface area contributed by atoms with Crippen LogP contribution in [-0.4, -0.2) is 9.97 Å². The van der Waals surface area contributed by atoms with Gasteiger partial charge in [0.1, 0.15) is 0 Å². The number of aromatic nitrogens is 2. The Hall–Kier alpha value is -5.08. The van der Waals surface area contributed by atoms with Crippen LogP contribution in [0.25, 0.3) is 66.4 Å². The molecule has 0 fully saturated rings. The Morgan fingerprint density at radius 1 is 0.386 bits per heavy atom. The van der Waals surface area contributed by atoms with Crippen molar-refractivity contribution in [3.05, 3.63) is 143 Å². The molecule has 0 aliphatic carbocycles. The quantitative estimate of drug-likeness (QED) is 0.197. The largest absolute Gasteiger partial charge is 0.254 e. The molecule has 44 heavy (non-hydrogen) atoms. The Balaban J connectivity index is 1.27. The maximum Gasteiger partial charge on any atom is 0.0977 e. The molecule has 2 heterocycles. The van der Waals surface area contributed by atoms with E-state index in [1.165, 1.54) is 77.5 Å². The van der Waals surface area contributed by atoms with Crippen molar-refractivity contribution >= 4 is 21.8 Å². The summed E-state index contributed by atoms with van der Waals surface area (Å²) in [6.07, 6.45) is 1.99. The molecule has 7 aromatic rings. The molecule has 0 radical (unpaired) electrons. The van der Waals surface area contributed by atoms with Crippen molar-refractivity contribution < 1.29 is 0 Å². The Bertz CT molecular complexity index is 2190. The number of nitrogens with zero attached hydrogens (tertiary/aromatic N) is 2. The molecular formula is C42H36N2. The lowest BCUT2D eigenvalue weighted by Gasteiger charge is -2.19. The van der Waals surface area contributed by atoms with E-state index in [4.69, 9.17) is 9.97 Å². The van der Waals surface area contributed by atoms with Gasteiger partial charge in [-0.15, -0.1) is 0 Å². The number of aryl methyl sites for hydroxylation is 5. The molecule has 0 unspecified atom stereocenters. The molecule has 0 amide bonds. The molecule has 214 valence electrons. The van der Waals surface area contributed by atoms with Crippen molar-refractivity contribution in [3.8, 4) is 44.6 Å².